The molecule has 1 fully saturated rings. The van der Waals surface area contributed by atoms with Crippen LogP contribution in [-0.2, 0) is 9.90 Å². The maximum atomic E-state index is 11.6. The average molecular weight is 153 g/mol. The molecule has 2 unspecified atom stereocenters. The standard InChI is InChI=1S/C5H4F3O2/c6-5(7,8)3-1-2(3)4(9)10/h2-3H,1H2. The zero-order chi connectivity index (χ0) is 7.94. The Morgan fingerprint density at radius 1 is 1.40 bits per heavy atom. The van der Waals surface area contributed by atoms with Gasteiger partial charge in [-0.15, -0.1) is 0 Å². The van der Waals surface area contributed by atoms with Gasteiger partial charge in [-0.05, 0) is 6.42 Å². The zero-order valence-corrected chi connectivity index (χ0v) is 4.81. The summed E-state index contributed by atoms with van der Waals surface area (Å²) in [4.78, 5) is 9.81. The minimum Gasteiger partial charge on any atom is -0.247 e. The van der Waals surface area contributed by atoms with Crippen LogP contribution in [0.2, 0.25) is 0 Å². The molecule has 2 nitrogen and oxygen atoms in total. The minimum atomic E-state index is -4.36. The maximum Gasteiger partial charge on any atom is 0.392 e. The highest BCUT2D eigenvalue weighted by Gasteiger charge is 2.59. The van der Waals surface area contributed by atoms with Crippen LogP contribution in [0.25, 0.3) is 0 Å². The van der Waals surface area contributed by atoms with Gasteiger partial charge in [-0.3, -0.25) is 0 Å². The molecule has 10 heavy (non-hydrogen) atoms. The largest absolute Gasteiger partial charge is 0.392 e. The Balaban J connectivity index is 2.46. The van der Waals surface area contributed by atoms with Crippen molar-refractivity contribution >= 4 is 5.97 Å². The molecule has 0 aliphatic heterocycles. The van der Waals surface area contributed by atoms with Crippen molar-refractivity contribution in [2.24, 2.45) is 11.8 Å². The van der Waals surface area contributed by atoms with Crippen molar-refractivity contribution in [2.75, 3.05) is 0 Å². The molecule has 1 aliphatic carbocycles. The summed E-state index contributed by atoms with van der Waals surface area (Å²) >= 11 is 0. The van der Waals surface area contributed by atoms with E-state index in [1.807, 2.05) is 0 Å². The van der Waals surface area contributed by atoms with Gasteiger partial charge in [0.2, 0.25) is 0 Å². The summed E-state index contributed by atoms with van der Waals surface area (Å²) in [5, 5.41) is 9.81. The van der Waals surface area contributed by atoms with Crippen LogP contribution >= 0.6 is 0 Å². The molecule has 1 aliphatic rings. The number of hydrogen-bond acceptors (Lipinski definition) is 1. The Morgan fingerprint density at radius 3 is 2.00 bits per heavy atom. The van der Waals surface area contributed by atoms with Gasteiger partial charge in [0, 0.05) is 0 Å². The van der Waals surface area contributed by atoms with Crippen LogP contribution in [0.5, 0.6) is 0 Å². The lowest BCUT2D eigenvalue weighted by molar-refractivity contribution is -0.162. The lowest BCUT2D eigenvalue weighted by atomic mass is 10.3. The Labute approximate surface area is 54.6 Å². The highest BCUT2D eigenvalue weighted by atomic mass is 19.4. The molecule has 0 heterocycles. The van der Waals surface area contributed by atoms with Crippen molar-refractivity contribution in [2.45, 2.75) is 12.6 Å². The third-order valence-electron chi connectivity index (χ3n) is 1.51. The fourth-order valence-electron chi connectivity index (χ4n) is 0.817. The van der Waals surface area contributed by atoms with E-state index in [1.165, 1.54) is 0 Å². The van der Waals surface area contributed by atoms with Crippen LogP contribution in [0.15, 0.2) is 0 Å². The molecule has 57 valence electrons. The predicted octanol–water partition coefficient (Wildman–Crippen LogP) is 1.14. The topological polar surface area (TPSA) is 37.0 Å². The molecular formula is C5H4F3O2. The van der Waals surface area contributed by atoms with E-state index in [1.54, 1.807) is 0 Å². The molecular weight excluding hydrogens is 149 g/mol. The molecule has 2 atom stereocenters. The summed E-state index contributed by atoms with van der Waals surface area (Å²) in [6.07, 6.45) is -4.67. The first-order valence-corrected chi connectivity index (χ1v) is 2.70. The molecule has 1 saturated carbocycles. The summed E-state index contributed by atoms with van der Waals surface area (Å²) in [6, 6.07) is 0. The summed E-state index contributed by atoms with van der Waals surface area (Å²) in [7, 11) is 0. The number of hydrogen-bond donors (Lipinski definition) is 0. The van der Waals surface area contributed by atoms with E-state index in [4.69, 9.17) is 0 Å². The van der Waals surface area contributed by atoms with E-state index in [-0.39, 0.29) is 6.42 Å². The van der Waals surface area contributed by atoms with E-state index >= 15 is 0 Å². The number of rotatable bonds is 1. The summed E-state index contributed by atoms with van der Waals surface area (Å²) < 4.78 is 34.7. The Morgan fingerprint density at radius 2 is 1.90 bits per heavy atom. The quantitative estimate of drug-likeness (QED) is 0.556. The molecule has 0 N–H and O–H groups in total. The first kappa shape index (κ1) is 7.37. The molecule has 5 heteroatoms. The van der Waals surface area contributed by atoms with Crippen molar-refractivity contribution in [1.82, 2.24) is 0 Å². The monoisotopic (exact) mass is 153 g/mol. The minimum absolute atomic E-state index is 0.314. The second-order valence-corrected chi connectivity index (χ2v) is 2.31. The lowest BCUT2D eigenvalue weighted by Crippen LogP contribution is -2.14. The highest BCUT2D eigenvalue weighted by molar-refractivity contribution is 5.73. The zero-order valence-electron chi connectivity index (χ0n) is 4.81. The van der Waals surface area contributed by atoms with Crippen molar-refractivity contribution in [3.8, 4) is 0 Å². The first-order chi connectivity index (χ1) is 4.43. The van der Waals surface area contributed by atoms with Crippen LogP contribution in [0.4, 0.5) is 13.2 Å². The van der Waals surface area contributed by atoms with Gasteiger partial charge in [-0.2, -0.15) is 13.2 Å². The van der Waals surface area contributed by atoms with E-state index in [9.17, 15) is 23.1 Å². The maximum absolute atomic E-state index is 11.6. The van der Waals surface area contributed by atoms with Crippen LogP contribution < -0.4 is 0 Å². The Hall–Kier alpha value is -0.740. The normalized spacial score (nSPS) is 31.9. The van der Waals surface area contributed by atoms with E-state index in [2.05, 4.69) is 0 Å². The molecule has 0 aromatic carbocycles. The van der Waals surface area contributed by atoms with Gasteiger partial charge in [-0.25, -0.2) is 9.90 Å². The summed E-state index contributed by atoms with van der Waals surface area (Å²) in [5.41, 5.74) is 0. The average Bonchev–Trinajstić information content (AvgIpc) is 2.35. The molecule has 0 saturated heterocycles. The number of carbonyl (C=O) groups is 1. The third-order valence-corrected chi connectivity index (χ3v) is 1.51. The van der Waals surface area contributed by atoms with Crippen LogP contribution in [0, 0.1) is 11.8 Å². The molecule has 1 rings (SSSR count). The molecule has 0 bridgehead atoms. The van der Waals surface area contributed by atoms with Crippen LogP contribution in [-0.4, -0.2) is 12.1 Å². The van der Waals surface area contributed by atoms with Crippen molar-refractivity contribution < 1.29 is 23.1 Å². The van der Waals surface area contributed by atoms with Crippen molar-refractivity contribution in [3.63, 3.8) is 0 Å². The van der Waals surface area contributed by atoms with Crippen LogP contribution in [0.3, 0.4) is 0 Å². The molecule has 1 radical (unpaired) electrons. The Kier molecular flexibility index (Phi) is 1.38. The highest BCUT2D eigenvalue weighted by Crippen LogP contribution is 2.50. The summed E-state index contributed by atoms with van der Waals surface area (Å²) in [6.45, 7) is 0. The number of alkyl halides is 3. The summed E-state index contributed by atoms with van der Waals surface area (Å²) in [5.74, 6) is -4.54. The van der Waals surface area contributed by atoms with Gasteiger partial charge in [-0.1, -0.05) is 0 Å². The van der Waals surface area contributed by atoms with Crippen molar-refractivity contribution in [3.05, 3.63) is 0 Å². The fourth-order valence-corrected chi connectivity index (χ4v) is 0.817. The van der Waals surface area contributed by atoms with Gasteiger partial charge in [0.25, 0.3) is 0 Å². The van der Waals surface area contributed by atoms with E-state index in [0.717, 1.165) is 0 Å². The molecule has 0 spiro atoms. The van der Waals surface area contributed by atoms with Gasteiger partial charge in [0.1, 0.15) is 0 Å². The number of halogens is 3. The van der Waals surface area contributed by atoms with Gasteiger partial charge >= 0.3 is 12.1 Å². The second-order valence-electron chi connectivity index (χ2n) is 2.31. The first-order valence-electron chi connectivity index (χ1n) is 2.70. The van der Waals surface area contributed by atoms with Gasteiger partial charge < -0.3 is 0 Å². The molecule has 0 amide bonds. The van der Waals surface area contributed by atoms with Crippen molar-refractivity contribution in [1.29, 1.82) is 0 Å². The van der Waals surface area contributed by atoms with Crippen LogP contribution in [0.1, 0.15) is 6.42 Å². The van der Waals surface area contributed by atoms with Gasteiger partial charge in [0.05, 0.1) is 11.8 Å². The molecule has 0 aromatic rings. The van der Waals surface area contributed by atoms with Gasteiger partial charge in [0.15, 0.2) is 0 Å². The smallest absolute Gasteiger partial charge is 0.247 e. The lowest BCUT2D eigenvalue weighted by Gasteiger charge is -2.01. The Bertz CT molecular complexity index is 163. The van der Waals surface area contributed by atoms with E-state index in [0.29, 0.717) is 0 Å². The third kappa shape index (κ3) is 1.22. The van der Waals surface area contributed by atoms with E-state index < -0.39 is 24.0 Å². The predicted molar refractivity (Wildman–Crippen MR) is 23.3 cm³/mol. The number of carbonyl (C=O) groups excluding carboxylic acids is 1. The fraction of sp³-hybridized carbons (Fsp3) is 0.800. The molecule has 0 aromatic heterocycles. The second kappa shape index (κ2) is 1.87. The SMILES string of the molecule is [O]C(=O)C1CC1C(F)(F)F.